The second kappa shape index (κ2) is 22.7. The van der Waals surface area contributed by atoms with Gasteiger partial charge in [-0.05, 0) is 44.2 Å². The van der Waals surface area contributed by atoms with E-state index in [1.165, 1.54) is 12.8 Å². The molecule has 3 rings (SSSR count). The highest BCUT2D eigenvalue weighted by Crippen LogP contribution is 2.36. The Bertz CT molecular complexity index is 1090. The Morgan fingerprint density at radius 2 is 1.50 bits per heavy atom. The van der Waals surface area contributed by atoms with Crippen molar-refractivity contribution in [3.63, 3.8) is 0 Å². The third-order valence-corrected chi connectivity index (χ3v) is 6.49. The van der Waals surface area contributed by atoms with Crippen LogP contribution in [0.15, 0.2) is 48.5 Å². The Kier molecular flexibility index (Phi) is 21.2. The summed E-state index contributed by atoms with van der Waals surface area (Å²) in [4.78, 5) is 26.5. The lowest BCUT2D eigenvalue weighted by molar-refractivity contribution is -0.119. The van der Waals surface area contributed by atoms with Crippen LogP contribution in [0.4, 0.5) is 5.69 Å². The number of rotatable bonds is 10. The van der Waals surface area contributed by atoms with Crippen molar-refractivity contribution in [1.82, 2.24) is 9.73 Å². The van der Waals surface area contributed by atoms with Gasteiger partial charge in [-0.25, -0.2) is 5.84 Å². The zero-order valence-electron chi connectivity index (χ0n) is 27.4. The molecule has 42 heavy (non-hydrogen) atoms. The molecule has 1 atom stereocenters. The third kappa shape index (κ3) is 12.2. The quantitative estimate of drug-likeness (QED) is 0.0965. The average Bonchev–Trinajstić information content (AvgIpc) is 2.97. The number of anilines is 1. The van der Waals surface area contributed by atoms with E-state index < -0.39 is 0 Å². The number of amides is 1. The molecule has 0 saturated carbocycles. The van der Waals surface area contributed by atoms with Gasteiger partial charge in [0.25, 0.3) is 0 Å². The van der Waals surface area contributed by atoms with Crippen LogP contribution in [0.1, 0.15) is 117 Å². The molecule has 0 spiro atoms. The van der Waals surface area contributed by atoms with Crippen LogP contribution >= 0.6 is 12.8 Å². The minimum Gasteiger partial charge on any atom is -0.396 e. The van der Waals surface area contributed by atoms with Gasteiger partial charge in [0.2, 0.25) is 5.91 Å². The number of Topliss-reactive ketones (excluding diaryl/α,β-unsaturated/α-hetero) is 1. The van der Waals surface area contributed by atoms with Crippen LogP contribution in [0, 0.1) is 0 Å². The summed E-state index contributed by atoms with van der Waals surface area (Å²) in [6.45, 7) is 17.1. The Morgan fingerprint density at radius 1 is 0.952 bits per heavy atom. The molecule has 0 unspecified atom stereocenters. The van der Waals surface area contributed by atoms with E-state index >= 15 is 0 Å². The molecule has 0 radical (unpaired) electrons. The molecule has 5 N–H and O–H groups in total. The fraction of sp³-hybridized carbons (Fsp3) is 0.529. The lowest BCUT2D eigenvalue weighted by atomic mass is 9.95. The number of nitrogens with zero attached hydrogens (tertiary/aromatic N) is 2. The first-order valence-corrected chi connectivity index (χ1v) is 16.1. The number of carbonyl (C=O) groups is 2. The van der Waals surface area contributed by atoms with Crippen molar-refractivity contribution in [2.24, 2.45) is 11.6 Å². The highest BCUT2D eigenvalue weighted by molar-refractivity contribution is 7.78. The second-order valence-electron chi connectivity index (χ2n) is 10.1. The van der Waals surface area contributed by atoms with Crippen molar-refractivity contribution in [1.29, 1.82) is 0 Å². The number of hydrogen-bond donors (Lipinski definition) is 4. The van der Waals surface area contributed by atoms with E-state index in [-0.39, 0.29) is 17.7 Å². The fourth-order valence-corrected chi connectivity index (χ4v) is 4.65. The number of para-hydroxylation sites is 1. The van der Waals surface area contributed by atoms with Gasteiger partial charge in [0.05, 0.1) is 29.7 Å². The van der Waals surface area contributed by atoms with Crippen molar-refractivity contribution in [2.45, 2.75) is 113 Å². The van der Waals surface area contributed by atoms with Crippen LogP contribution in [0.2, 0.25) is 0 Å². The Labute approximate surface area is 261 Å². The zero-order valence-corrected chi connectivity index (χ0v) is 28.3. The summed E-state index contributed by atoms with van der Waals surface area (Å²) in [6, 6.07) is 15.4. The number of nitrogens with two attached hydrogens (primary N) is 2. The van der Waals surface area contributed by atoms with Gasteiger partial charge >= 0.3 is 0 Å². The highest BCUT2D eigenvalue weighted by atomic mass is 32.1. The molecule has 1 amide bonds. The van der Waals surface area contributed by atoms with Gasteiger partial charge in [-0.15, -0.1) is 0 Å². The molecule has 236 valence electrons. The van der Waals surface area contributed by atoms with Crippen molar-refractivity contribution in [2.75, 3.05) is 11.4 Å². The Morgan fingerprint density at radius 3 is 2.05 bits per heavy atom. The van der Waals surface area contributed by atoms with E-state index in [9.17, 15) is 9.59 Å². The molecule has 7 nitrogen and oxygen atoms in total. The van der Waals surface area contributed by atoms with Crippen LogP contribution in [-0.4, -0.2) is 29.3 Å². The molecule has 1 aliphatic rings. The minimum absolute atomic E-state index is 0.0688. The van der Waals surface area contributed by atoms with Gasteiger partial charge in [-0.2, -0.15) is 0 Å². The Balaban J connectivity index is 0.00000190. The van der Waals surface area contributed by atoms with E-state index in [0.717, 1.165) is 47.3 Å². The van der Waals surface area contributed by atoms with E-state index in [0.29, 0.717) is 31.6 Å². The number of thiol groups is 1. The summed E-state index contributed by atoms with van der Waals surface area (Å²) in [5.74, 6) is 6.74. The molecule has 2 aromatic carbocycles. The highest BCUT2D eigenvalue weighted by Gasteiger charge is 2.27. The third-order valence-electron chi connectivity index (χ3n) is 6.18. The Hall–Kier alpha value is -2.81. The normalized spacial score (nSPS) is 14.1. The SMILES string of the molecule is CC.CCC.CCC.CCCC(=O)N1Cc2ccccc2/C(N(N)CCCC[C@H](NS)C(C)=O)=C(/N)c2ccccc21. The number of fused-ring (bicyclic) bond motifs is 2. The number of hydrazine groups is 1. The van der Waals surface area contributed by atoms with Crippen LogP contribution in [0.3, 0.4) is 0 Å². The van der Waals surface area contributed by atoms with Gasteiger partial charge in [-0.1, -0.05) is 117 Å². The monoisotopic (exact) mass is 599 g/mol. The van der Waals surface area contributed by atoms with Crippen molar-refractivity contribution in [3.05, 3.63) is 65.2 Å². The first-order chi connectivity index (χ1) is 20.2. The molecular weight excluding hydrogens is 542 g/mol. The zero-order chi connectivity index (χ0) is 32.1. The van der Waals surface area contributed by atoms with Gasteiger partial charge in [-0.3, -0.25) is 14.3 Å². The molecule has 2 aromatic rings. The molecule has 0 bridgehead atoms. The van der Waals surface area contributed by atoms with Gasteiger partial charge in [0, 0.05) is 24.1 Å². The fourth-order valence-electron chi connectivity index (χ4n) is 4.34. The molecular formula is C34H57N5O2S. The van der Waals surface area contributed by atoms with Crippen LogP contribution in [-0.2, 0) is 16.1 Å². The summed E-state index contributed by atoms with van der Waals surface area (Å²) in [5, 5.41) is 1.70. The van der Waals surface area contributed by atoms with E-state index in [1.807, 2.05) is 74.2 Å². The molecule has 0 saturated heterocycles. The maximum Gasteiger partial charge on any atom is 0.227 e. The molecule has 8 heteroatoms. The largest absolute Gasteiger partial charge is 0.396 e. The first-order valence-electron chi connectivity index (χ1n) is 15.6. The molecule has 1 heterocycles. The lowest BCUT2D eigenvalue weighted by Gasteiger charge is -2.33. The summed E-state index contributed by atoms with van der Waals surface area (Å²) in [5.41, 5.74) is 11.6. The maximum atomic E-state index is 13.1. The predicted octanol–water partition coefficient (Wildman–Crippen LogP) is 7.71. The number of benzene rings is 2. The number of carbonyl (C=O) groups excluding carboxylic acids is 2. The van der Waals surface area contributed by atoms with E-state index in [1.54, 1.807) is 11.9 Å². The summed E-state index contributed by atoms with van der Waals surface area (Å²) in [6.07, 6.45) is 6.04. The summed E-state index contributed by atoms with van der Waals surface area (Å²) < 4.78 is 2.76. The maximum absolute atomic E-state index is 13.1. The number of ketones is 1. The van der Waals surface area contributed by atoms with Crippen molar-refractivity contribution < 1.29 is 9.59 Å². The van der Waals surface area contributed by atoms with Crippen molar-refractivity contribution >= 4 is 41.6 Å². The van der Waals surface area contributed by atoms with Crippen LogP contribution in [0.25, 0.3) is 11.4 Å². The van der Waals surface area contributed by atoms with Gasteiger partial charge in [0.15, 0.2) is 0 Å². The molecule has 0 aliphatic carbocycles. The van der Waals surface area contributed by atoms with E-state index in [2.05, 4.69) is 45.2 Å². The van der Waals surface area contributed by atoms with Crippen molar-refractivity contribution in [3.8, 4) is 0 Å². The van der Waals surface area contributed by atoms with Crippen LogP contribution in [0.5, 0.6) is 0 Å². The average molecular weight is 600 g/mol. The minimum atomic E-state index is -0.264. The number of unbranched alkanes of at least 4 members (excludes halogenated alkanes) is 1. The summed E-state index contributed by atoms with van der Waals surface area (Å²) >= 11 is 4.05. The smallest absolute Gasteiger partial charge is 0.227 e. The predicted molar refractivity (Wildman–Crippen MR) is 185 cm³/mol. The van der Waals surface area contributed by atoms with E-state index in [4.69, 9.17) is 11.6 Å². The first kappa shape index (κ1) is 39.2. The van der Waals surface area contributed by atoms with Gasteiger partial charge in [0.1, 0.15) is 5.78 Å². The summed E-state index contributed by atoms with van der Waals surface area (Å²) in [7, 11) is 0. The lowest BCUT2D eigenvalue weighted by Crippen LogP contribution is -2.36. The van der Waals surface area contributed by atoms with Gasteiger partial charge < -0.3 is 15.6 Å². The number of hydrogen-bond acceptors (Lipinski definition) is 7. The standard InChI is InChI=1S/C26H35N5O2S.2C3H8.C2H6/c1-3-10-24(33)30-17-19-11-4-5-12-20(19)26(25(27)21-13-6-7-15-23(21)30)31(28)16-9-8-14-22(29-34)18(2)32;2*1-3-2;1-2/h4-7,11-13,15,22,29,34H,3,8-10,14,16-17,27-28H2,1-2H3;2*3H2,1-2H3;1-2H3/b26-25-;;;/t22-;;;/m0.../s1. The topological polar surface area (TPSA) is 105 Å². The number of nitrogens with one attached hydrogen (secondary N) is 1. The molecule has 1 aliphatic heterocycles. The molecule has 0 fully saturated rings. The second-order valence-corrected chi connectivity index (χ2v) is 10.3. The van der Waals surface area contributed by atoms with Crippen LogP contribution < -0.4 is 21.2 Å². The molecule has 0 aromatic heterocycles.